The third-order valence-electron chi connectivity index (χ3n) is 2.11. The Hall–Kier alpha value is -0.690. The van der Waals surface area contributed by atoms with Crippen molar-refractivity contribution in [3.63, 3.8) is 0 Å². The Morgan fingerprint density at radius 2 is 1.92 bits per heavy atom. The van der Waals surface area contributed by atoms with Gasteiger partial charge in [0.1, 0.15) is 5.75 Å². The van der Waals surface area contributed by atoms with E-state index in [1.807, 2.05) is 12.1 Å². The number of ether oxygens (including phenoxy) is 1. The molecular formula is C11H15ClO. The van der Waals surface area contributed by atoms with E-state index in [-0.39, 0.29) is 0 Å². The molecule has 0 heterocycles. The lowest BCUT2D eigenvalue weighted by molar-refractivity contribution is 0.407. The summed E-state index contributed by atoms with van der Waals surface area (Å²) in [7, 11) is 1.68. The first-order valence-corrected chi connectivity index (χ1v) is 4.78. The Morgan fingerprint density at radius 3 is 2.38 bits per heavy atom. The van der Waals surface area contributed by atoms with Crippen LogP contribution in [0.15, 0.2) is 12.1 Å². The standard InChI is InChI=1S/C11H15ClO/c1-7(2)11-8(3)5-9(12)6-10(11)13-4/h5-7H,1-4H3. The normalized spacial score (nSPS) is 10.6. The van der Waals surface area contributed by atoms with Crippen LogP contribution in [0.1, 0.15) is 30.9 Å². The monoisotopic (exact) mass is 198 g/mol. The Bertz CT molecular complexity index is 305. The lowest BCUT2D eigenvalue weighted by Crippen LogP contribution is -1.97. The Labute approximate surface area is 84.7 Å². The zero-order valence-corrected chi connectivity index (χ0v) is 9.27. The topological polar surface area (TPSA) is 9.23 Å². The molecule has 13 heavy (non-hydrogen) atoms. The number of rotatable bonds is 2. The summed E-state index contributed by atoms with van der Waals surface area (Å²) in [6.07, 6.45) is 0. The summed E-state index contributed by atoms with van der Waals surface area (Å²) in [5.41, 5.74) is 2.44. The van der Waals surface area contributed by atoms with Crippen molar-refractivity contribution in [3.8, 4) is 5.75 Å². The van der Waals surface area contributed by atoms with E-state index in [1.165, 1.54) is 11.1 Å². The second-order valence-electron chi connectivity index (χ2n) is 3.49. The number of halogens is 1. The molecule has 0 amide bonds. The molecule has 1 rings (SSSR count). The van der Waals surface area contributed by atoms with Crippen molar-refractivity contribution in [3.05, 3.63) is 28.3 Å². The van der Waals surface area contributed by atoms with E-state index in [0.29, 0.717) is 5.92 Å². The first kappa shape index (κ1) is 10.4. The second-order valence-corrected chi connectivity index (χ2v) is 3.93. The molecule has 0 unspecified atom stereocenters. The molecule has 0 aromatic heterocycles. The summed E-state index contributed by atoms with van der Waals surface area (Å²) < 4.78 is 5.28. The van der Waals surface area contributed by atoms with E-state index in [1.54, 1.807) is 7.11 Å². The van der Waals surface area contributed by atoms with Gasteiger partial charge in [-0.05, 0) is 36.1 Å². The fourth-order valence-electron chi connectivity index (χ4n) is 1.63. The maximum absolute atomic E-state index is 5.93. The van der Waals surface area contributed by atoms with E-state index >= 15 is 0 Å². The highest BCUT2D eigenvalue weighted by Gasteiger charge is 2.11. The maximum atomic E-state index is 5.93. The highest BCUT2D eigenvalue weighted by Crippen LogP contribution is 2.32. The molecule has 0 N–H and O–H groups in total. The number of benzene rings is 1. The first-order chi connectivity index (χ1) is 6.06. The van der Waals surface area contributed by atoms with Crippen molar-refractivity contribution in [1.82, 2.24) is 0 Å². The number of aryl methyl sites for hydroxylation is 1. The molecule has 0 saturated heterocycles. The van der Waals surface area contributed by atoms with Crippen molar-refractivity contribution < 1.29 is 4.74 Å². The molecule has 72 valence electrons. The van der Waals surface area contributed by atoms with Crippen LogP contribution in [0.5, 0.6) is 5.75 Å². The average molecular weight is 199 g/mol. The molecule has 1 aromatic rings. The first-order valence-electron chi connectivity index (χ1n) is 4.40. The molecule has 1 nitrogen and oxygen atoms in total. The summed E-state index contributed by atoms with van der Waals surface area (Å²) in [6, 6.07) is 3.84. The van der Waals surface area contributed by atoms with Crippen LogP contribution in [0.25, 0.3) is 0 Å². The van der Waals surface area contributed by atoms with Gasteiger partial charge in [0.05, 0.1) is 7.11 Å². The third kappa shape index (κ3) is 2.16. The molecule has 0 saturated carbocycles. The summed E-state index contributed by atoms with van der Waals surface area (Å²) >= 11 is 5.93. The quantitative estimate of drug-likeness (QED) is 0.703. The molecule has 0 fully saturated rings. The predicted molar refractivity (Wildman–Crippen MR) is 56.8 cm³/mol. The van der Waals surface area contributed by atoms with Crippen molar-refractivity contribution in [2.75, 3.05) is 7.11 Å². The van der Waals surface area contributed by atoms with Gasteiger partial charge in [-0.1, -0.05) is 25.4 Å². The third-order valence-corrected chi connectivity index (χ3v) is 2.33. The molecule has 0 atom stereocenters. The van der Waals surface area contributed by atoms with Gasteiger partial charge in [0.2, 0.25) is 0 Å². The molecule has 0 spiro atoms. The maximum Gasteiger partial charge on any atom is 0.124 e. The zero-order valence-electron chi connectivity index (χ0n) is 8.52. The van der Waals surface area contributed by atoms with Crippen LogP contribution in [-0.4, -0.2) is 7.11 Å². The lowest BCUT2D eigenvalue weighted by Gasteiger charge is -2.15. The molecule has 2 heteroatoms. The molecule has 0 aliphatic carbocycles. The minimum absolute atomic E-state index is 0.465. The van der Waals surface area contributed by atoms with Gasteiger partial charge in [-0.2, -0.15) is 0 Å². The summed E-state index contributed by atoms with van der Waals surface area (Å²) in [5, 5.41) is 0.735. The van der Waals surface area contributed by atoms with Crippen molar-refractivity contribution in [2.24, 2.45) is 0 Å². The van der Waals surface area contributed by atoms with E-state index in [2.05, 4.69) is 20.8 Å². The fourth-order valence-corrected chi connectivity index (χ4v) is 1.90. The summed E-state index contributed by atoms with van der Waals surface area (Å²) in [6.45, 7) is 6.36. The van der Waals surface area contributed by atoms with E-state index in [0.717, 1.165) is 10.8 Å². The van der Waals surface area contributed by atoms with Crippen LogP contribution in [0.2, 0.25) is 5.02 Å². The van der Waals surface area contributed by atoms with Gasteiger partial charge in [-0.3, -0.25) is 0 Å². The number of hydrogen-bond acceptors (Lipinski definition) is 1. The van der Waals surface area contributed by atoms with Gasteiger partial charge in [-0.25, -0.2) is 0 Å². The van der Waals surface area contributed by atoms with Gasteiger partial charge in [0, 0.05) is 5.02 Å². The SMILES string of the molecule is COc1cc(Cl)cc(C)c1C(C)C. The van der Waals surface area contributed by atoms with Crippen LogP contribution in [-0.2, 0) is 0 Å². The summed E-state index contributed by atoms with van der Waals surface area (Å²) in [5.74, 6) is 1.35. The van der Waals surface area contributed by atoms with Gasteiger partial charge in [-0.15, -0.1) is 0 Å². The minimum atomic E-state index is 0.465. The molecule has 0 aliphatic rings. The van der Waals surface area contributed by atoms with Gasteiger partial charge in [0.15, 0.2) is 0 Å². The predicted octanol–water partition coefficient (Wildman–Crippen LogP) is 3.78. The lowest BCUT2D eigenvalue weighted by atomic mass is 9.97. The van der Waals surface area contributed by atoms with Gasteiger partial charge < -0.3 is 4.74 Å². The Kier molecular flexibility index (Phi) is 3.21. The number of methoxy groups -OCH3 is 1. The van der Waals surface area contributed by atoms with Crippen molar-refractivity contribution in [2.45, 2.75) is 26.7 Å². The highest BCUT2D eigenvalue weighted by molar-refractivity contribution is 6.30. The molecule has 1 aromatic carbocycles. The van der Waals surface area contributed by atoms with Gasteiger partial charge in [0.25, 0.3) is 0 Å². The van der Waals surface area contributed by atoms with Crippen molar-refractivity contribution >= 4 is 11.6 Å². The van der Waals surface area contributed by atoms with Gasteiger partial charge >= 0.3 is 0 Å². The van der Waals surface area contributed by atoms with Crippen LogP contribution >= 0.6 is 11.6 Å². The summed E-state index contributed by atoms with van der Waals surface area (Å²) in [4.78, 5) is 0. The molecule has 0 aliphatic heterocycles. The Balaban J connectivity index is 3.30. The molecular weight excluding hydrogens is 184 g/mol. The van der Waals surface area contributed by atoms with E-state index in [4.69, 9.17) is 16.3 Å². The van der Waals surface area contributed by atoms with E-state index in [9.17, 15) is 0 Å². The largest absolute Gasteiger partial charge is 0.496 e. The smallest absolute Gasteiger partial charge is 0.124 e. The minimum Gasteiger partial charge on any atom is -0.496 e. The number of hydrogen-bond donors (Lipinski definition) is 0. The van der Waals surface area contributed by atoms with E-state index < -0.39 is 0 Å². The van der Waals surface area contributed by atoms with Crippen LogP contribution in [0.3, 0.4) is 0 Å². The van der Waals surface area contributed by atoms with Crippen LogP contribution in [0.4, 0.5) is 0 Å². The molecule has 0 bridgehead atoms. The Morgan fingerprint density at radius 1 is 1.31 bits per heavy atom. The highest BCUT2D eigenvalue weighted by atomic mass is 35.5. The van der Waals surface area contributed by atoms with Crippen molar-refractivity contribution in [1.29, 1.82) is 0 Å². The van der Waals surface area contributed by atoms with Crippen LogP contribution < -0.4 is 4.74 Å². The zero-order chi connectivity index (χ0) is 10.0. The average Bonchev–Trinajstić information content (AvgIpc) is 2.01. The molecule has 0 radical (unpaired) electrons. The fraction of sp³-hybridized carbons (Fsp3) is 0.455. The van der Waals surface area contributed by atoms with Crippen LogP contribution in [0, 0.1) is 6.92 Å². The second kappa shape index (κ2) is 4.01.